The third kappa shape index (κ3) is 3.62. The quantitative estimate of drug-likeness (QED) is 0.868. The van der Waals surface area contributed by atoms with Gasteiger partial charge in [-0.1, -0.05) is 28.1 Å². The summed E-state index contributed by atoms with van der Waals surface area (Å²) in [4.78, 5) is 11.3. The highest BCUT2D eigenvalue weighted by Crippen LogP contribution is 2.23. The van der Waals surface area contributed by atoms with Crippen LogP contribution in [-0.4, -0.2) is 14.3 Å². The first-order valence-corrected chi connectivity index (χ1v) is 8.26. The van der Waals surface area contributed by atoms with Gasteiger partial charge in [-0.15, -0.1) is 0 Å². The number of carbonyl (C=O) groups excluding carboxylic acids is 1. The van der Waals surface area contributed by atoms with E-state index in [1.807, 2.05) is 0 Å². The molecule has 1 amide bonds. The summed E-state index contributed by atoms with van der Waals surface area (Å²) < 4.78 is 27.9. The van der Waals surface area contributed by atoms with Gasteiger partial charge in [-0.05, 0) is 42.8 Å². The van der Waals surface area contributed by atoms with Crippen molar-refractivity contribution in [1.29, 1.82) is 0 Å². The molecule has 2 rings (SSSR count). The monoisotopic (exact) mass is 368 g/mol. The molecule has 5 nitrogen and oxygen atoms in total. The van der Waals surface area contributed by atoms with E-state index in [1.54, 1.807) is 31.2 Å². The number of primary amides is 1. The summed E-state index contributed by atoms with van der Waals surface area (Å²) in [7, 11) is -3.74. The number of carbonyl (C=O) groups is 1. The summed E-state index contributed by atoms with van der Waals surface area (Å²) in [6.45, 7) is 1.71. The van der Waals surface area contributed by atoms with Crippen molar-refractivity contribution in [2.75, 3.05) is 4.72 Å². The minimum absolute atomic E-state index is 0.168. The number of rotatable bonds is 4. The Morgan fingerprint density at radius 2 is 1.90 bits per heavy atom. The van der Waals surface area contributed by atoms with E-state index >= 15 is 0 Å². The van der Waals surface area contributed by atoms with Crippen LogP contribution in [0.3, 0.4) is 0 Å². The molecular formula is C14H13BrN2O3S. The molecule has 0 atom stereocenters. The number of halogens is 1. The standard InChI is InChI=1S/C14H13BrN2O3S/c1-9-5-6-11(15)8-13(9)21(19,20)17-12-4-2-3-10(7-12)14(16)18/h2-8,17H,1H3,(H2,16,18). The van der Waals surface area contributed by atoms with Crippen molar-refractivity contribution in [2.45, 2.75) is 11.8 Å². The molecule has 0 fully saturated rings. The van der Waals surface area contributed by atoms with Crippen LogP contribution in [0.5, 0.6) is 0 Å². The van der Waals surface area contributed by atoms with Crippen LogP contribution < -0.4 is 10.5 Å². The highest BCUT2D eigenvalue weighted by atomic mass is 79.9. The Kier molecular flexibility index (Phi) is 4.34. The lowest BCUT2D eigenvalue weighted by molar-refractivity contribution is 0.100. The van der Waals surface area contributed by atoms with E-state index in [9.17, 15) is 13.2 Å². The number of hydrogen-bond acceptors (Lipinski definition) is 3. The van der Waals surface area contributed by atoms with Crippen LogP contribution in [0.2, 0.25) is 0 Å². The van der Waals surface area contributed by atoms with Gasteiger partial charge >= 0.3 is 0 Å². The molecule has 0 unspecified atom stereocenters. The molecule has 0 bridgehead atoms. The first kappa shape index (κ1) is 15.5. The molecule has 110 valence electrons. The Morgan fingerprint density at radius 1 is 1.19 bits per heavy atom. The molecule has 0 heterocycles. The Balaban J connectivity index is 2.40. The fraction of sp³-hybridized carbons (Fsp3) is 0.0714. The molecule has 0 aromatic heterocycles. The van der Waals surface area contributed by atoms with Gasteiger partial charge in [-0.3, -0.25) is 9.52 Å². The second-order valence-electron chi connectivity index (χ2n) is 4.46. The van der Waals surface area contributed by atoms with E-state index in [2.05, 4.69) is 20.7 Å². The average Bonchev–Trinajstić information content (AvgIpc) is 2.41. The Morgan fingerprint density at radius 3 is 2.57 bits per heavy atom. The Hall–Kier alpha value is -1.86. The van der Waals surface area contributed by atoms with Crippen molar-refractivity contribution < 1.29 is 13.2 Å². The van der Waals surface area contributed by atoms with E-state index < -0.39 is 15.9 Å². The second kappa shape index (κ2) is 5.87. The zero-order chi connectivity index (χ0) is 15.6. The van der Waals surface area contributed by atoms with Crippen LogP contribution in [-0.2, 0) is 10.0 Å². The molecule has 0 aliphatic heterocycles. The third-order valence-electron chi connectivity index (χ3n) is 2.84. The number of nitrogens with two attached hydrogens (primary N) is 1. The minimum Gasteiger partial charge on any atom is -0.366 e. The van der Waals surface area contributed by atoms with Crippen molar-refractivity contribution in [3.63, 3.8) is 0 Å². The van der Waals surface area contributed by atoms with Gasteiger partial charge in [0.25, 0.3) is 10.0 Å². The van der Waals surface area contributed by atoms with Crippen molar-refractivity contribution in [3.05, 3.63) is 58.1 Å². The molecule has 0 aliphatic rings. The summed E-state index contributed by atoms with van der Waals surface area (Å²) in [5.74, 6) is -0.616. The molecule has 21 heavy (non-hydrogen) atoms. The largest absolute Gasteiger partial charge is 0.366 e. The molecule has 7 heteroatoms. The van der Waals surface area contributed by atoms with Gasteiger partial charge < -0.3 is 5.73 Å². The number of nitrogens with one attached hydrogen (secondary N) is 1. The lowest BCUT2D eigenvalue weighted by atomic mass is 10.2. The number of aryl methyl sites for hydroxylation is 1. The maximum absolute atomic E-state index is 12.4. The zero-order valence-electron chi connectivity index (χ0n) is 11.1. The summed E-state index contributed by atoms with van der Waals surface area (Å²) in [5, 5.41) is 0. The molecule has 0 radical (unpaired) electrons. The highest BCUT2D eigenvalue weighted by molar-refractivity contribution is 9.10. The smallest absolute Gasteiger partial charge is 0.262 e. The predicted molar refractivity (Wildman–Crippen MR) is 84.6 cm³/mol. The number of sulfonamides is 1. The van der Waals surface area contributed by atoms with Crippen LogP contribution >= 0.6 is 15.9 Å². The first-order valence-electron chi connectivity index (χ1n) is 5.98. The fourth-order valence-electron chi connectivity index (χ4n) is 1.81. The first-order chi connectivity index (χ1) is 9.79. The molecule has 0 spiro atoms. The highest BCUT2D eigenvalue weighted by Gasteiger charge is 2.17. The number of hydrogen-bond donors (Lipinski definition) is 2. The average molecular weight is 369 g/mol. The van der Waals surface area contributed by atoms with E-state index in [1.165, 1.54) is 18.2 Å². The Bertz CT molecular complexity index is 804. The summed E-state index contributed by atoms with van der Waals surface area (Å²) >= 11 is 3.25. The van der Waals surface area contributed by atoms with E-state index in [0.717, 1.165) is 0 Å². The maximum atomic E-state index is 12.4. The second-order valence-corrected chi connectivity index (χ2v) is 7.03. The van der Waals surface area contributed by atoms with Crippen LogP contribution in [0.4, 0.5) is 5.69 Å². The van der Waals surface area contributed by atoms with Gasteiger partial charge in [0.1, 0.15) is 0 Å². The number of anilines is 1. The minimum atomic E-state index is -3.74. The summed E-state index contributed by atoms with van der Waals surface area (Å²) in [6, 6.07) is 11.0. The number of benzene rings is 2. The lowest BCUT2D eigenvalue weighted by Crippen LogP contribution is -2.16. The van der Waals surface area contributed by atoms with E-state index in [-0.39, 0.29) is 16.1 Å². The molecule has 0 saturated carbocycles. The van der Waals surface area contributed by atoms with Gasteiger partial charge in [0.15, 0.2) is 0 Å². The van der Waals surface area contributed by atoms with Gasteiger partial charge in [0, 0.05) is 15.7 Å². The van der Waals surface area contributed by atoms with Gasteiger partial charge in [0.05, 0.1) is 4.90 Å². The van der Waals surface area contributed by atoms with Crippen molar-refractivity contribution >= 4 is 37.5 Å². The summed E-state index contributed by atoms with van der Waals surface area (Å²) in [5.41, 5.74) is 6.32. The van der Waals surface area contributed by atoms with E-state index in [4.69, 9.17) is 5.73 Å². The third-order valence-corrected chi connectivity index (χ3v) is 4.86. The van der Waals surface area contributed by atoms with Crippen LogP contribution in [0.15, 0.2) is 51.8 Å². The van der Waals surface area contributed by atoms with Crippen molar-refractivity contribution in [2.24, 2.45) is 5.73 Å². The molecule has 2 aromatic carbocycles. The molecular weight excluding hydrogens is 356 g/mol. The van der Waals surface area contributed by atoms with Gasteiger partial charge in [0.2, 0.25) is 5.91 Å². The van der Waals surface area contributed by atoms with Crippen LogP contribution in [0, 0.1) is 6.92 Å². The predicted octanol–water partition coefficient (Wildman–Crippen LogP) is 2.66. The van der Waals surface area contributed by atoms with E-state index in [0.29, 0.717) is 10.0 Å². The van der Waals surface area contributed by atoms with Gasteiger partial charge in [-0.25, -0.2) is 8.42 Å². The molecule has 0 aliphatic carbocycles. The van der Waals surface area contributed by atoms with Crippen molar-refractivity contribution in [1.82, 2.24) is 0 Å². The summed E-state index contributed by atoms with van der Waals surface area (Å²) in [6.07, 6.45) is 0. The number of amides is 1. The molecule has 0 saturated heterocycles. The Labute approximate surface area is 131 Å². The van der Waals surface area contributed by atoms with Crippen molar-refractivity contribution in [3.8, 4) is 0 Å². The lowest BCUT2D eigenvalue weighted by Gasteiger charge is -2.11. The van der Waals surface area contributed by atoms with Crippen LogP contribution in [0.1, 0.15) is 15.9 Å². The molecule has 2 aromatic rings. The fourth-order valence-corrected chi connectivity index (χ4v) is 3.64. The molecule has 3 N–H and O–H groups in total. The topological polar surface area (TPSA) is 89.3 Å². The van der Waals surface area contributed by atoms with Crippen LogP contribution in [0.25, 0.3) is 0 Å². The van der Waals surface area contributed by atoms with Gasteiger partial charge in [-0.2, -0.15) is 0 Å². The maximum Gasteiger partial charge on any atom is 0.262 e. The SMILES string of the molecule is Cc1ccc(Br)cc1S(=O)(=O)Nc1cccc(C(N)=O)c1. The normalized spacial score (nSPS) is 11.1. The zero-order valence-corrected chi connectivity index (χ0v) is 13.5.